The van der Waals surface area contributed by atoms with Gasteiger partial charge in [-0.3, -0.25) is 11.3 Å². The lowest BCUT2D eigenvalue weighted by Gasteiger charge is -2.33. The number of hydrogen-bond acceptors (Lipinski definition) is 2. The van der Waals surface area contributed by atoms with Crippen molar-refractivity contribution in [3.8, 4) is 0 Å². The van der Waals surface area contributed by atoms with Gasteiger partial charge in [0.1, 0.15) is 0 Å². The number of fused-ring (bicyclic) bond motifs is 2. The zero-order valence-electron chi connectivity index (χ0n) is 11.0. The van der Waals surface area contributed by atoms with Crippen LogP contribution in [0.5, 0.6) is 0 Å². The van der Waals surface area contributed by atoms with Crippen molar-refractivity contribution in [2.45, 2.75) is 70.3 Å². The number of nitrogens with one attached hydrogen (secondary N) is 1. The summed E-state index contributed by atoms with van der Waals surface area (Å²) in [5.74, 6) is 9.77. The van der Waals surface area contributed by atoms with Gasteiger partial charge in [0, 0.05) is 6.04 Å². The summed E-state index contributed by atoms with van der Waals surface area (Å²) in [5, 5.41) is 0. The Morgan fingerprint density at radius 1 is 1.00 bits per heavy atom. The van der Waals surface area contributed by atoms with E-state index < -0.39 is 0 Å². The molecule has 0 spiro atoms. The van der Waals surface area contributed by atoms with Gasteiger partial charge in [-0.25, -0.2) is 0 Å². The second kappa shape index (κ2) is 5.27. The van der Waals surface area contributed by atoms with E-state index in [1.807, 2.05) is 0 Å². The molecule has 0 aromatic heterocycles. The van der Waals surface area contributed by atoms with Crippen molar-refractivity contribution in [1.82, 2.24) is 5.43 Å². The third-order valence-electron chi connectivity index (χ3n) is 5.84. The van der Waals surface area contributed by atoms with Gasteiger partial charge in [-0.1, -0.05) is 38.5 Å². The van der Waals surface area contributed by atoms with Crippen molar-refractivity contribution in [2.75, 3.05) is 0 Å². The zero-order chi connectivity index (χ0) is 11.7. The van der Waals surface area contributed by atoms with Crippen LogP contribution in [0.15, 0.2) is 0 Å². The van der Waals surface area contributed by atoms with Gasteiger partial charge in [0.15, 0.2) is 0 Å². The number of hydrazine groups is 1. The summed E-state index contributed by atoms with van der Waals surface area (Å²) in [6, 6.07) is 0.619. The molecule has 4 unspecified atom stereocenters. The summed E-state index contributed by atoms with van der Waals surface area (Å²) in [7, 11) is 0. The smallest absolute Gasteiger partial charge is 0.0244 e. The van der Waals surface area contributed by atoms with Crippen LogP contribution in [0.3, 0.4) is 0 Å². The average Bonchev–Trinajstić information content (AvgIpc) is 2.99. The normalized spacial score (nSPS) is 39.7. The lowest BCUT2D eigenvalue weighted by molar-refractivity contribution is 0.200. The summed E-state index contributed by atoms with van der Waals surface area (Å²) < 4.78 is 0. The van der Waals surface area contributed by atoms with Crippen LogP contribution in [-0.2, 0) is 0 Å². The molecule has 0 aromatic rings. The molecule has 3 rings (SSSR count). The maximum atomic E-state index is 5.85. The Balaban J connectivity index is 1.55. The van der Waals surface area contributed by atoms with Crippen LogP contribution in [0, 0.1) is 23.7 Å². The highest BCUT2D eigenvalue weighted by Gasteiger charge is 2.43. The van der Waals surface area contributed by atoms with E-state index >= 15 is 0 Å². The fourth-order valence-corrected chi connectivity index (χ4v) is 4.94. The number of rotatable bonds is 4. The summed E-state index contributed by atoms with van der Waals surface area (Å²) in [4.78, 5) is 0. The standard InChI is InChI=1S/C15H28N2/c16-17-15(10-11-4-2-1-3-5-11)14-9-12-6-7-13(14)8-12/h11-15,17H,1-10,16H2. The second-order valence-corrected chi connectivity index (χ2v) is 6.85. The van der Waals surface area contributed by atoms with Crippen molar-refractivity contribution in [3.63, 3.8) is 0 Å². The van der Waals surface area contributed by atoms with Crippen LogP contribution >= 0.6 is 0 Å². The van der Waals surface area contributed by atoms with Crippen molar-refractivity contribution in [3.05, 3.63) is 0 Å². The SMILES string of the molecule is NNC(CC1CCCCC1)C1CC2CCC1C2. The van der Waals surface area contributed by atoms with Crippen LogP contribution in [-0.4, -0.2) is 6.04 Å². The van der Waals surface area contributed by atoms with E-state index in [4.69, 9.17) is 5.84 Å². The second-order valence-electron chi connectivity index (χ2n) is 6.85. The first kappa shape index (κ1) is 12.0. The fourth-order valence-electron chi connectivity index (χ4n) is 4.94. The predicted molar refractivity (Wildman–Crippen MR) is 71.2 cm³/mol. The molecule has 17 heavy (non-hydrogen) atoms. The Kier molecular flexibility index (Phi) is 3.72. The van der Waals surface area contributed by atoms with Gasteiger partial charge in [-0.15, -0.1) is 0 Å². The van der Waals surface area contributed by atoms with Crippen molar-refractivity contribution in [1.29, 1.82) is 0 Å². The minimum Gasteiger partial charge on any atom is -0.271 e. The van der Waals surface area contributed by atoms with Crippen LogP contribution < -0.4 is 11.3 Å². The molecule has 0 aromatic carbocycles. The molecule has 3 fully saturated rings. The third kappa shape index (κ3) is 2.53. The highest BCUT2D eigenvalue weighted by Crippen LogP contribution is 2.50. The molecule has 3 aliphatic carbocycles. The molecule has 0 saturated heterocycles. The lowest BCUT2D eigenvalue weighted by Crippen LogP contribution is -2.44. The minimum absolute atomic E-state index is 0.619. The molecule has 2 nitrogen and oxygen atoms in total. The molecule has 4 atom stereocenters. The van der Waals surface area contributed by atoms with E-state index in [0.717, 1.165) is 23.7 Å². The first-order valence-corrected chi connectivity index (χ1v) is 7.83. The zero-order valence-corrected chi connectivity index (χ0v) is 11.0. The van der Waals surface area contributed by atoms with Gasteiger partial charge in [0.25, 0.3) is 0 Å². The Morgan fingerprint density at radius 3 is 2.41 bits per heavy atom. The van der Waals surface area contributed by atoms with E-state index in [2.05, 4.69) is 5.43 Å². The van der Waals surface area contributed by atoms with Gasteiger partial charge >= 0.3 is 0 Å². The topological polar surface area (TPSA) is 38.0 Å². The molecule has 0 amide bonds. The molecular formula is C15H28N2. The Bertz CT molecular complexity index is 247. The number of nitrogens with two attached hydrogens (primary N) is 1. The summed E-state index contributed by atoms with van der Waals surface area (Å²) in [6.07, 6.45) is 14.6. The van der Waals surface area contributed by atoms with E-state index in [-0.39, 0.29) is 0 Å². The van der Waals surface area contributed by atoms with E-state index in [0.29, 0.717) is 6.04 Å². The van der Waals surface area contributed by atoms with Gasteiger partial charge < -0.3 is 0 Å². The molecule has 0 aliphatic heterocycles. The fraction of sp³-hybridized carbons (Fsp3) is 1.00. The maximum absolute atomic E-state index is 5.85. The highest BCUT2D eigenvalue weighted by molar-refractivity contribution is 4.95. The third-order valence-corrected chi connectivity index (χ3v) is 5.84. The average molecular weight is 236 g/mol. The Morgan fingerprint density at radius 2 is 1.82 bits per heavy atom. The van der Waals surface area contributed by atoms with Gasteiger partial charge in [0.2, 0.25) is 0 Å². The van der Waals surface area contributed by atoms with Crippen LogP contribution in [0.25, 0.3) is 0 Å². The van der Waals surface area contributed by atoms with E-state index in [1.165, 1.54) is 64.2 Å². The Hall–Kier alpha value is -0.0800. The molecule has 2 bridgehead atoms. The van der Waals surface area contributed by atoms with Gasteiger partial charge in [-0.2, -0.15) is 0 Å². The Labute approximate surface area is 106 Å². The van der Waals surface area contributed by atoms with Crippen LogP contribution in [0.2, 0.25) is 0 Å². The molecule has 3 aliphatic rings. The largest absolute Gasteiger partial charge is 0.271 e. The van der Waals surface area contributed by atoms with Crippen LogP contribution in [0.4, 0.5) is 0 Å². The molecule has 0 heterocycles. The van der Waals surface area contributed by atoms with Gasteiger partial charge in [0.05, 0.1) is 0 Å². The van der Waals surface area contributed by atoms with Crippen LogP contribution in [0.1, 0.15) is 64.2 Å². The maximum Gasteiger partial charge on any atom is 0.0244 e. The van der Waals surface area contributed by atoms with Crippen molar-refractivity contribution in [2.24, 2.45) is 29.5 Å². The summed E-state index contributed by atoms with van der Waals surface area (Å²) >= 11 is 0. The van der Waals surface area contributed by atoms with Crippen molar-refractivity contribution < 1.29 is 0 Å². The van der Waals surface area contributed by atoms with Crippen molar-refractivity contribution >= 4 is 0 Å². The van der Waals surface area contributed by atoms with E-state index in [9.17, 15) is 0 Å². The molecule has 3 N–H and O–H groups in total. The summed E-state index contributed by atoms with van der Waals surface area (Å²) in [6.45, 7) is 0. The quantitative estimate of drug-likeness (QED) is 0.581. The van der Waals surface area contributed by atoms with E-state index in [1.54, 1.807) is 0 Å². The molecular weight excluding hydrogens is 208 g/mol. The number of hydrogen-bond donors (Lipinski definition) is 2. The molecule has 98 valence electrons. The first-order valence-electron chi connectivity index (χ1n) is 7.83. The molecule has 2 heteroatoms. The van der Waals surface area contributed by atoms with Gasteiger partial charge in [-0.05, 0) is 49.4 Å². The monoisotopic (exact) mass is 236 g/mol. The molecule has 3 saturated carbocycles. The lowest BCUT2D eigenvalue weighted by atomic mass is 9.77. The first-order chi connectivity index (χ1) is 8.36. The molecule has 0 radical (unpaired) electrons. The minimum atomic E-state index is 0.619. The predicted octanol–water partition coefficient (Wildman–Crippen LogP) is 3.22. The highest BCUT2D eigenvalue weighted by atomic mass is 15.2. The summed E-state index contributed by atoms with van der Waals surface area (Å²) in [5.41, 5.74) is 3.18.